The molecule has 7 heteroatoms. The van der Waals surface area contributed by atoms with Crippen molar-refractivity contribution in [2.75, 3.05) is 18.9 Å². The van der Waals surface area contributed by atoms with Gasteiger partial charge in [-0.1, -0.05) is 0 Å². The molecule has 6 nitrogen and oxygen atoms in total. The van der Waals surface area contributed by atoms with Crippen LogP contribution in [0.4, 0.5) is 0 Å². The molecule has 0 aliphatic carbocycles. The topological polar surface area (TPSA) is 84.2 Å². The summed E-state index contributed by atoms with van der Waals surface area (Å²) >= 11 is 0. The predicted molar refractivity (Wildman–Crippen MR) is 60.4 cm³/mol. The van der Waals surface area contributed by atoms with Gasteiger partial charge in [0.15, 0.2) is 0 Å². The summed E-state index contributed by atoms with van der Waals surface area (Å²) in [4.78, 5) is 0. The Morgan fingerprint density at radius 3 is 2.88 bits per heavy atom. The van der Waals surface area contributed by atoms with Crippen molar-refractivity contribution in [3.63, 3.8) is 0 Å². The molecule has 1 rings (SSSR count). The Bertz CT molecular complexity index is 413. The summed E-state index contributed by atoms with van der Waals surface area (Å²) in [6.07, 6.45) is 4.44. The molecule has 0 saturated carbocycles. The maximum atomic E-state index is 11.3. The van der Waals surface area contributed by atoms with Crippen molar-refractivity contribution in [1.82, 2.24) is 14.5 Å². The third-order valence-electron chi connectivity index (χ3n) is 2.07. The fourth-order valence-electron chi connectivity index (χ4n) is 1.28. The van der Waals surface area contributed by atoms with E-state index >= 15 is 0 Å². The molecule has 0 aliphatic rings. The van der Waals surface area contributed by atoms with E-state index in [1.165, 1.54) is 0 Å². The Hall–Kier alpha value is -0.920. The Morgan fingerprint density at radius 2 is 2.31 bits per heavy atom. The second-order valence-corrected chi connectivity index (χ2v) is 5.49. The third-order valence-corrected chi connectivity index (χ3v) is 3.54. The van der Waals surface area contributed by atoms with Gasteiger partial charge >= 0.3 is 0 Å². The number of hydrogen-bond acceptors (Lipinski definition) is 4. The molecule has 1 aromatic rings. The highest BCUT2D eigenvalue weighted by molar-refractivity contribution is 7.89. The normalized spacial score (nSPS) is 11.9. The number of hydrogen-bond donors (Lipinski definition) is 2. The molecule has 0 amide bonds. The van der Waals surface area contributed by atoms with Gasteiger partial charge in [-0.25, -0.2) is 13.1 Å². The largest absolute Gasteiger partial charge is 0.396 e. The minimum atomic E-state index is -3.24. The SMILES string of the molecule is Cn1cc(CCNS(=O)(=O)CCCO)cn1. The lowest BCUT2D eigenvalue weighted by atomic mass is 10.3. The van der Waals surface area contributed by atoms with Crippen molar-refractivity contribution < 1.29 is 13.5 Å². The molecular formula is C9H17N3O3S. The zero-order chi connectivity index (χ0) is 12.0. The number of sulfonamides is 1. The first kappa shape index (κ1) is 13.1. The maximum Gasteiger partial charge on any atom is 0.211 e. The first-order valence-corrected chi connectivity index (χ1v) is 6.74. The standard InChI is InChI=1S/C9H17N3O3S/c1-12-8-9(7-10-12)3-4-11-16(14,15)6-2-5-13/h7-8,11,13H,2-6H2,1H3. The van der Waals surface area contributed by atoms with Crippen LogP contribution in [-0.4, -0.2) is 42.2 Å². The van der Waals surface area contributed by atoms with Crippen LogP contribution in [0.3, 0.4) is 0 Å². The third kappa shape index (κ3) is 4.73. The Labute approximate surface area is 95.3 Å². The Morgan fingerprint density at radius 1 is 1.56 bits per heavy atom. The molecule has 1 heterocycles. The molecule has 92 valence electrons. The quantitative estimate of drug-likeness (QED) is 0.665. The fourth-order valence-corrected chi connectivity index (χ4v) is 2.35. The van der Waals surface area contributed by atoms with Gasteiger partial charge in [0, 0.05) is 26.4 Å². The number of rotatable bonds is 7. The highest BCUT2D eigenvalue weighted by Crippen LogP contribution is 1.97. The summed E-state index contributed by atoms with van der Waals surface area (Å²) in [6.45, 7) is 0.253. The summed E-state index contributed by atoms with van der Waals surface area (Å²) in [5, 5.41) is 12.5. The van der Waals surface area contributed by atoms with Crippen LogP contribution in [0.2, 0.25) is 0 Å². The summed E-state index contributed by atoms with van der Waals surface area (Å²) in [6, 6.07) is 0. The summed E-state index contributed by atoms with van der Waals surface area (Å²) in [7, 11) is -1.43. The Balaban J connectivity index is 2.29. The van der Waals surface area contributed by atoms with Gasteiger partial charge in [-0.2, -0.15) is 5.10 Å². The number of aliphatic hydroxyl groups excluding tert-OH is 1. The zero-order valence-corrected chi connectivity index (χ0v) is 10.1. The van der Waals surface area contributed by atoms with Gasteiger partial charge in [-0.3, -0.25) is 4.68 Å². The maximum absolute atomic E-state index is 11.3. The van der Waals surface area contributed by atoms with Crippen LogP contribution in [0.1, 0.15) is 12.0 Å². The first-order chi connectivity index (χ1) is 7.53. The monoisotopic (exact) mass is 247 g/mol. The van der Waals surface area contributed by atoms with Crippen molar-refractivity contribution in [1.29, 1.82) is 0 Å². The predicted octanol–water partition coefficient (Wildman–Crippen LogP) is -0.736. The molecule has 0 aliphatic heterocycles. The van der Waals surface area contributed by atoms with E-state index in [4.69, 9.17) is 5.11 Å². The Kier molecular flexibility index (Phi) is 4.91. The fraction of sp³-hybridized carbons (Fsp3) is 0.667. The summed E-state index contributed by atoms with van der Waals surface area (Å²) in [5.41, 5.74) is 0.993. The summed E-state index contributed by atoms with van der Waals surface area (Å²) in [5.74, 6) is -0.0312. The van der Waals surface area contributed by atoms with Gasteiger partial charge in [0.25, 0.3) is 0 Å². The van der Waals surface area contributed by atoms with E-state index in [9.17, 15) is 8.42 Å². The molecule has 0 saturated heterocycles. The van der Waals surface area contributed by atoms with E-state index in [1.54, 1.807) is 10.9 Å². The van der Waals surface area contributed by atoms with Gasteiger partial charge in [0.1, 0.15) is 0 Å². The first-order valence-electron chi connectivity index (χ1n) is 5.09. The van der Waals surface area contributed by atoms with E-state index in [2.05, 4.69) is 9.82 Å². The van der Waals surface area contributed by atoms with Gasteiger partial charge in [-0.05, 0) is 18.4 Å². The highest BCUT2D eigenvalue weighted by Gasteiger charge is 2.08. The van der Waals surface area contributed by atoms with Crippen LogP contribution in [0.5, 0.6) is 0 Å². The number of aryl methyl sites for hydroxylation is 1. The lowest BCUT2D eigenvalue weighted by molar-refractivity contribution is 0.295. The molecular weight excluding hydrogens is 230 g/mol. The molecule has 0 unspecified atom stereocenters. The molecule has 1 aromatic heterocycles. The van der Waals surface area contributed by atoms with Crippen LogP contribution >= 0.6 is 0 Å². The van der Waals surface area contributed by atoms with E-state index in [-0.39, 0.29) is 18.8 Å². The van der Waals surface area contributed by atoms with E-state index < -0.39 is 10.0 Å². The summed E-state index contributed by atoms with van der Waals surface area (Å²) < 4.78 is 26.8. The number of aromatic nitrogens is 2. The van der Waals surface area contributed by atoms with E-state index in [0.29, 0.717) is 13.0 Å². The lowest BCUT2D eigenvalue weighted by Gasteiger charge is -2.04. The van der Waals surface area contributed by atoms with Crippen LogP contribution < -0.4 is 4.72 Å². The van der Waals surface area contributed by atoms with Gasteiger partial charge in [0.2, 0.25) is 10.0 Å². The van der Waals surface area contributed by atoms with Crippen molar-refractivity contribution >= 4 is 10.0 Å². The zero-order valence-electron chi connectivity index (χ0n) is 9.26. The number of nitrogens with one attached hydrogen (secondary N) is 1. The minimum absolute atomic E-state index is 0.0312. The van der Waals surface area contributed by atoms with Crippen molar-refractivity contribution in [3.8, 4) is 0 Å². The van der Waals surface area contributed by atoms with E-state index in [0.717, 1.165) is 5.56 Å². The molecule has 0 spiro atoms. The minimum Gasteiger partial charge on any atom is -0.396 e. The van der Waals surface area contributed by atoms with Gasteiger partial charge < -0.3 is 5.11 Å². The highest BCUT2D eigenvalue weighted by atomic mass is 32.2. The van der Waals surface area contributed by atoms with Gasteiger partial charge in [-0.15, -0.1) is 0 Å². The lowest BCUT2D eigenvalue weighted by Crippen LogP contribution is -2.28. The molecule has 0 bridgehead atoms. The van der Waals surface area contributed by atoms with Crippen LogP contribution in [0, 0.1) is 0 Å². The molecule has 0 aromatic carbocycles. The smallest absolute Gasteiger partial charge is 0.211 e. The molecule has 2 N–H and O–H groups in total. The molecule has 16 heavy (non-hydrogen) atoms. The second kappa shape index (κ2) is 5.97. The van der Waals surface area contributed by atoms with E-state index in [1.807, 2.05) is 13.2 Å². The van der Waals surface area contributed by atoms with Crippen molar-refractivity contribution in [3.05, 3.63) is 18.0 Å². The molecule has 0 fully saturated rings. The number of aliphatic hydroxyl groups is 1. The van der Waals surface area contributed by atoms with Crippen LogP contribution in [0.25, 0.3) is 0 Å². The molecule has 0 radical (unpaired) electrons. The molecule has 0 atom stereocenters. The van der Waals surface area contributed by atoms with Crippen molar-refractivity contribution in [2.45, 2.75) is 12.8 Å². The van der Waals surface area contributed by atoms with Gasteiger partial charge in [0.05, 0.1) is 11.9 Å². The average Bonchev–Trinajstić information content (AvgIpc) is 2.61. The number of nitrogens with zero attached hydrogens (tertiary/aromatic N) is 2. The van der Waals surface area contributed by atoms with Crippen molar-refractivity contribution in [2.24, 2.45) is 7.05 Å². The second-order valence-electron chi connectivity index (χ2n) is 3.56. The van der Waals surface area contributed by atoms with Crippen LogP contribution in [0.15, 0.2) is 12.4 Å². The van der Waals surface area contributed by atoms with Crippen LogP contribution in [-0.2, 0) is 23.5 Å². The average molecular weight is 247 g/mol.